The molecule has 0 bridgehead atoms. The molecule has 1 aromatic rings. The van der Waals surface area contributed by atoms with Gasteiger partial charge >= 0.3 is 0 Å². The molecule has 1 saturated heterocycles. The van der Waals surface area contributed by atoms with Gasteiger partial charge in [-0.1, -0.05) is 24.3 Å². The summed E-state index contributed by atoms with van der Waals surface area (Å²) in [6.45, 7) is 2.71. The number of nitrogens with two attached hydrogens (primary N) is 1. The van der Waals surface area contributed by atoms with E-state index < -0.39 is 0 Å². The van der Waals surface area contributed by atoms with Crippen LogP contribution in [0.3, 0.4) is 0 Å². The molecule has 0 radical (unpaired) electrons. The maximum absolute atomic E-state index is 5.77. The van der Waals surface area contributed by atoms with Crippen molar-refractivity contribution in [2.45, 2.75) is 18.9 Å². The summed E-state index contributed by atoms with van der Waals surface area (Å²) in [7, 11) is 3.94. The summed E-state index contributed by atoms with van der Waals surface area (Å²) in [5, 5.41) is 0. The summed E-state index contributed by atoms with van der Waals surface area (Å²) in [5.41, 5.74) is 8.53. The smallest absolute Gasteiger partial charge is 0.0502 e. The summed E-state index contributed by atoms with van der Waals surface area (Å²) >= 11 is 0. The van der Waals surface area contributed by atoms with Gasteiger partial charge in [-0.05, 0) is 43.5 Å². The van der Waals surface area contributed by atoms with Gasteiger partial charge in [0.05, 0.1) is 6.61 Å². The average Bonchev–Trinajstić information content (AvgIpc) is 2.78. The molecule has 3 nitrogen and oxygen atoms in total. The molecule has 0 aromatic heterocycles. The molecule has 1 aliphatic heterocycles. The van der Waals surface area contributed by atoms with Crippen LogP contribution in [-0.2, 0) is 11.2 Å². The van der Waals surface area contributed by atoms with Crippen LogP contribution in [0.4, 0.5) is 0 Å². The third-order valence-corrected chi connectivity index (χ3v) is 3.93. The highest BCUT2D eigenvalue weighted by Crippen LogP contribution is 2.33. The Bertz CT molecular complexity index is 363. The number of ether oxygens (including phenoxy) is 1. The van der Waals surface area contributed by atoms with Crippen LogP contribution in [0.2, 0.25) is 0 Å². The zero-order valence-electron chi connectivity index (χ0n) is 11.4. The van der Waals surface area contributed by atoms with Gasteiger partial charge in [-0.3, -0.25) is 4.90 Å². The molecule has 2 rings (SSSR count). The standard InChI is InChI=1S/C15H24N2O/c1-17-11-13(10-16)9-15(17)14-5-3-12(4-6-14)7-8-18-2/h3-6,13,15H,7-11,16H2,1-2H3. The van der Waals surface area contributed by atoms with E-state index >= 15 is 0 Å². The summed E-state index contributed by atoms with van der Waals surface area (Å²) in [6.07, 6.45) is 2.17. The van der Waals surface area contributed by atoms with Gasteiger partial charge in [-0.15, -0.1) is 0 Å². The molecule has 1 aliphatic rings. The second-order valence-corrected chi connectivity index (χ2v) is 5.28. The molecule has 0 spiro atoms. The molecule has 1 aromatic carbocycles. The fourth-order valence-electron chi connectivity index (χ4n) is 2.79. The topological polar surface area (TPSA) is 38.5 Å². The molecule has 0 saturated carbocycles. The maximum atomic E-state index is 5.77. The lowest BCUT2D eigenvalue weighted by Gasteiger charge is -2.19. The zero-order chi connectivity index (χ0) is 13.0. The molecule has 18 heavy (non-hydrogen) atoms. The molecule has 3 heteroatoms. The van der Waals surface area contributed by atoms with Gasteiger partial charge in [-0.25, -0.2) is 0 Å². The van der Waals surface area contributed by atoms with Crippen molar-refractivity contribution >= 4 is 0 Å². The first kappa shape index (κ1) is 13.5. The minimum absolute atomic E-state index is 0.537. The molecular formula is C15H24N2O. The first-order chi connectivity index (χ1) is 8.74. The Kier molecular flexibility index (Phi) is 4.75. The van der Waals surface area contributed by atoms with E-state index in [2.05, 4.69) is 36.2 Å². The normalized spacial score (nSPS) is 24.6. The predicted molar refractivity (Wildman–Crippen MR) is 74.6 cm³/mol. The Morgan fingerprint density at radius 3 is 2.61 bits per heavy atom. The van der Waals surface area contributed by atoms with E-state index in [0.717, 1.165) is 26.1 Å². The van der Waals surface area contributed by atoms with E-state index in [9.17, 15) is 0 Å². The van der Waals surface area contributed by atoms with Crippen molar-refractivity contribution < 1.29 is 4.74 Å². The number of hydrogen-bond acceptors (Lipinski definition) is 3. The van der Waals surface area contributed by atoms with Crippen LogP contribution >= 0.6 is 0 Å². The highest BCUT2D eigenvalue weighted by molar-refractivity contribution is 5.26. The third kappa shape index (κ3) is 3.10. The Balaban J connectivity index is 2.01. The van der Waals surface area contributed by atoms with Crippen LogP contribution in [0, 0.1) is 5.92 Å². The van der Waals surface area contributed by atoms with Crippen LogP contribution in [-0.4, -0.2) is 38.8 Å². The molecule has 0 aliphatic carbocycles. The first-order valence-corrected chi connectivity index (χ1v) is 6.72. The number of nitrogens with zero attached hydrogens (tertiary/aromatic N) is 1. The van der Waals surface area contributed by atoms with Gasteiger partial charge in [0.25, 0.3) is 0 Å². The second kappa shape index (κ2) is 6.32. The van der Waals surface area contributed by atoms with Crippen molar-refractivity contribution in [1.82, 2.24) is 4.90 Å². The molecule has 2 unspecified atom stereocenters. The summed E-state index contributed by atoms with van der Waals surface area (Å²) in [4.78, 5) is 2.42. The minimum atomic E-state index is 0.537. The number of hydrogen-bond donors (Lipinski definition) is 1. The number of benzene rings is 1. The van der Waals surface area contributed by atoms with Crippen LogP contribution < -0.4 is 5.73 Å². The molecule has 2 N–H and O–H groups in total. The van der Waals surface area contributed by atoms with Crippen molar-refractivity contribution in [3.8, 4) is 0 Å². The first-order valence-electron chi connectivity index (χ1n) is 6.72. The summed E-state index contributed by atoms with van der Waals surface area (Å²) < 4.78 is 5.10. The summed E-state index contributed by atoms with van der Waals surface area (Å²) in [6, 6.07) is 9.49. The van der Waals surface area contributed by atoms with Crippen LogP contribution in [0.25, 0.3) is 0 Å². The van der Waals surface area contributed by atoms with Crippen molar-refractivity contribution in [3.63, 3.8) is 0 Å². The van der Waals surface area contributed by atoms with Crippen molar-refractivity contribution in [1.29, 1.82) is 0 Å². The zero-order valence-corrected chi connectivity index (χ0v) is 11.4. The Hall–Kier alpha value is -0.900. The summed E-state index contributed by atoms with van der Waals surface area (Å²) in [5.74, 6) is 0.646. The Morgan fingerprint density at radius 1 is 1.33 bits per heavy atom. The van der Waals surface area contributed by atoms with Crippen molar-refractivity contribution in [2.75, 3.05) is 33.9 Å². The fraction of sp³-hybridized carbons (Fsp3) is 0.600. The van der Waals surface area contributed by atoms with Gasteiger partial charge in [0, 0.05) is 19.7 Å². The fourth-order valence-corrected chi connectivity index (χ4v) is 2.79. The van der Waals surface area contributed by atoms with Crippen molar-refractivity contribution in [2.24, 2.45) is 11.7 Å². The van der Waals surface area contributed by atoms with E-state index in [1.165, 1.54) is 17.5 Å². The molecule has 100 valence electrons. The molecule has 1 heterocycles. The van der Waals surface area contributed by atoms with Crippen LogP contribution in [0.1, 0.15) is 23.6 Å². The van der Waals surface area contributed by atoms with E-state index in [4.69, 9.17) is 10.5 Å². The largest absolute Gasteiger partial charge is 0.384 e. The quantitative estimate of drug-likeness (QED) is 0.864. The van der Waals surface area contributed by atoms with Gasteiger partial charge in [0.1, 0.15) is 0 Å². The van der Waals surface area contributed by atoms with Crippen LogP contribution in [0.5, 0.6) is 0 Å². The molecular weight excluding hydrogens is 224 g/mol. The molecule has 2 atom stereocenters. The lowest BCUT2D eigenvalue weighted by Crippen LogP contribution is -2.20. The van der Waals surface area contributed by atoms with Gasteiger partial charge in [0.15, 0.2) is 0 Å². The lowest BCUT2D eigenvalue weighted by molar-refractivity contribution is 0.202. The molecule has 0 amide bonds. The Morgan fingerprint density at radius 2 is 2.06 bits per heavy atom. The highest BCUT2D eigenvalue weighted by atomic mass is 16.5. The molecule has 1 fully saturated rings. The number of likely N-dealkylation sites (tertiary alicyclic amines) is 1. The minimum Gasteiger partial charge on any atom is -0.384 e. The van der Waals surface area contributed by atoms with Gasteiger partial charge < -0.3 is 10.5 Å². The second-order valence-electron chi connectivity index (χ2n) is 5.28. The lowest BCUT2D eigenvalue weighted by atomic mass is 9.98. The van der Waals surface area contributed by atoms with E-state index in [1.807, 2.05) is 0 Å². The van der Waals surface area contributed by atoms with Crippen LogP contribution in [0.15, 0.2) is 24.3 Å². The maximum Gasteiger partial charge on any atom is 0.0502 e. The van der Waals surface area contributed by atoms with E-state index in [1.54, 1.807) is 7.11 Å². The van der Waals surface area contributed by atoms with Gasteiger partial charge in [-0.2, -0.15) is 0 Å². The van der Waals surface area contributed by atoms with Gasteiger partial charge in [0.2, 0.25) is 0 Å². The van der Waals surface area contributed by atoms with E-state index in [0.29, 0.717) is 12.0 Å². The highest BCUT2D eigenvalue weighted by Gasteiger charge is 2.29. The SMILES string of the molecule is COCCc1ccc(C2CC(CN)CN2C)cc1. The van der Waals surface area contributed by atoms with Crippen molar-refractivity contribution in [3.05, 3.63) is 35.4 Å². The average molecular weight is 248 g/mol. The number of rotatable bonds is 5. The Labute approximate surface area is 110 Å². The third-order valence-electron chi connectivity index (χ3n) is 3.93. The predicted octanol–water partition coefficient (Wildman–Crippen LogP) is 1.83. The number of methoxy groups -OCH3 is 1. The monoisotopic (exact) mass is 248 g/mol. The van der Waals surface area contributed by atoms with E-state index in [-0.39, 0.29) is 0 Å².